The predicted molar refractivity (Wildman–Crippen MR) is 107 cm³/mol. The smallest absolute Gasteiger partial charge is 0.257 e. The van der Waals surface area contributed by atoms with Crippen molar-refractivity contribution < 1.29 is 0 Å². The Balaban J connectivity index is 1.99. The SMILES string of the molecule is Cc1cccc2c(=O)sn(C=C(c3ccccc3)c3ccccc3)c12. The second-order valence-corrected chi connectivity index (χ2v) is 6.90. The predicted octanol–water partition coefficient (Wildman–Crippen LogP) is 5.42. The third-order valence-electron chi connectivity index (χ3n) is 4.28. The second-order valence-electron chi connectivity index (χ2n) is 5.95. The summed E-state index contributed by atoms with van der Waals surface area (Å²) in [6.07, 6.45) is 2.08. The van der Waals surface area contributed by atoms with E-state index in [0.29, 0.717) is 0 Å². The Morgan fingerprint density at radius 3 is 2.04 bits per heavy atom. The highest BCUT2D eigenvalue weighted by atomic mass is 32.1. The molecule has 2 nitrogen and oxygen atoms in total. The molecule has 0 saturated carbocycles. The maximum atomic E-state index is 12.4. The molecule has 1 aromatic heterocycles. The molecule has 25 heavy (non-hydrogen) atoms. The molecule has 4 aromatic rings. The molecule has 0 bridgehead atoms. The van der Waals surface area contributed by atoms with Gasteiger partial charge in [0.05, 0.1) is 10.9 Å². The summed E-state index contributed by atoms with van der Waals surface area (Å²) in [6, 6.07) is 26.4. The molecule has 1 heterocycles. The van der Waals surface area contributed by atoms with Crippen LogP contribution >= 0.6 is 11.5 Å². The number of aromatic nitrogens is 1. The molecule has 0 fully saturated rings. The van der Waals surface area contributed by atoms with Gasteiger partial charge in [-0.3, -0.25) is 8.75 Å². The fourth-order valence-electron chi connectivity index (χ4n) is 3.06. The highest BCUT2D eigenvalue weighted by Crippen LogP contribution is 2.27. The van der Waals surface area contributed by atoms with Gasteiger partial charge in [-0.1, -0.05) is 72.8 Å². The summed E-state index contributed by atoms with van der Waals surface area (Å²) in [7, 11) is 0. The lowest BCUT2D eigenvalue weighted by atomic mass is 9.99. The lowest BCUT2D eigenvalue weighted by Crippen LogP contribution is -1.92. The van der Waals surface area contributed by atoms with Gasteiger partial charge in [-0.25, -0.2) is 0 Å². The first kappa shape index (κ1) is 15.6. The van der Waals surface area contributed by atoms with Crippen LogP contribution in [-0.4, -0.2) is 3.96 Å². The minimum Gasteiger partial charge on any atom is -0.276 e. The Morgan fingerprint density at radius 1 is 0.840 bits per heavy atom. The van der Waals surface area contributed by atoms with Crippen molar-refractivity contribution in [1.82, 2.24) is 3.96 Å². The van der Waals surface area contributed by atoms with Gasteiger partial charge in [-0.05, 0) is 41.2 Å². The number of aryl methyl sites for hydroxylation is 1. The van der Waals surface area contributed by atoms with Crippen molar-refractivity contribution in [2.24, 2.45) is 0 Å². The Bertz CT molecular complexity index is 1060. The van der Waals surface area contributed by atoms with Crippen LogP contribution in [-0.2, 0) is 0 Å². The van der Waals surface area contributed by atoms with Crippen molar-refractivity contribution in [3.8, 4) is 0 Å². The van der Waals surface area contributed by atoms with E-state index in [1.807, 2.05) is 65.5 Å². The lowest BCUT2D eigenvalue weighted by Gasteiger charge is -2.10. The Morgan fingerprint density at radius 2 is 1.44 bits per heavy atom. The van der Waals surface area contributed by atoms with Gasteiger partial charge in [0.1, 0.15) is 0 Å². The van der Waals surface area contributed by atoms with Gasteiger partial charge in [0.25, 0.3) is 4.74 Å². The monoisotopic (exact) mass is 343 g/mol. The molecule has 0 aliphatic carbocycles. The molecule has 3 heteroatoms. The lowest BCUT2D eigenvalue weighted by molar-refractivity contribution is 1.35. The first-order valence-corrected chi connectivity index (χ1v) is 8.95. The molecule has 4 rings (SSSR count). The number of fused-ring (bicyclic) bond motifs is 1. The van der Waals surface area contributed by atoms with Crippen LogP contribution in [0.4, 0.5) is 0 Å². The highest BCUT2D eigenvalue weighted by Gasteiger charge is 2.11. The summed E-state index contributed by atoms with van der Waals surface area (Å²) >= 11 is 1.24. The average molecular weight is 343 g/mol. The molecular formula is C22H17NOS. The van der Waals surface area contributed by atoms with Crippen LogP contribution in [0.15, 0.2) is 83.7 Å². The largest absolute Gasteiger partial charge is 0.276 e. The van der Waals surface area contributed by atoms with E-state index in [2.05, 4.69) is 30.5 Å². The van der Waals surface area contributed by atoms with Crippen LogP contribution in [0.1, 0.15) is 16.7 Å². The van der Waals surface area contributed by atoms with Gasteiger partial charge in [0.2, 0.25) is 0 Å². The summed E-state index contributed by atoms with van der Waals surface area (Å²) in [4.78, 5) is 12.4. The zero-order valence-corrected chi connectivity index (χ0v) is 14.7. The maximum Gasteiger partial charge on any atom is 0.257 e. The molecule has 0 spiro atoms. The van der Waals surface area contributed by atoms with Crippen molar-refractivity contribution in [2.75, 3.05) is 0 Å². The summed E-state index contributed by atoms with van der Waals surface area (Å²) in [5, 5.41) is 0.779. The zero-order chi connectivity index (χ0) is 17.2. The van der Waals surface area contributed by atoms with Crippen molar-refractivity contribution in [3.05, 3.63) is 105 Å². The zero-order valence-electron chi connectivity index (χ0n) is 13.8. The maximum absolute atomic E-state index is 12.4. The van der Waals surface area contributed by atoms with E-state index < -0.39 is 0 Å². The second kappa shape index (κ2) is 6.54. The van der Waals surface area contributed by atoms with Crippen LogP contribution in [0.3, 0.4) is 0 Å². The fourth-order valence-corrected chi connectivity index (χ4v) is 3.99. The number of benzene rings is 3. The number of para-hydroxylation sites is 1. The fraction of sp³-hybridized carbons (Fsp3) is 0.0455. The van der Waals surface area contributed by atoms with E-state index in [-0.39, 0.29) is 4.74 Å². The minimum absolute atomic E-state index is 0.0930. The molecule has 0 amide bonds. The number of hydrogen-bond donors (Lipinski definition) is 0. The van der Waals surface area contributed by atoms with Gasteiger partial charge < -0.3 is 0 Å². The Labute approximate surface area is 150 Å². The van der Waals surface area contributed by atoms with Crippen molar-refractivity contribution >= 4 is 34.2 Å². The first-order valence-electron chi connectivity index (χ1n) is 8.18. The van der Waals surface area contributed by atoms with Gasteiger partial charge in [-0.15, -0.1) is 0 Å². The summed E-state index contributed by atoms with van der Waals surface area (Å²) in [6.45, 7) is 2.05. The van der Waals surface area contributed by atoms with E-state index in [9.17, 15) is 4.79 Å². The van der Waals surface area contributed by atoms with Crippen molar-refractivity contribution in [1.29, 1.82) is 0 Å². The molecule has 0 aliphatic heterocycles. The average Bonchev–Trinajstić information content (AvgIpc) is 2.98. The highest BCUT2D eigenvalue weighted by molar-refractivity contribution is 7.05. The third-order valence-corrected chi connectivity index (χ3v) is 5.15. The summed E-state index contributed by atoms with van der Waals surface area (Å²) in [5.41, 5.74) is 5.44. The Kier molecular flexibility index (Phi) is 4.08. The molecule has 0 unspecified atom stereocenters. The summed E-state index contributed by atoms with van der Waals surface area (Å²) < 4.78 is 2.10. The molecule has 122 valence electrons. The van der Waals surface area contributed by atoms with E-state index >= 15 is 0 Å². The van der Waals surface area contributed by atoms with E-state index in [1.54, 1.807) is 0 Å². The Hall–Kier alpha value is -2.91. The normalized spacial score (nSPS) is 10.8. The quantitative estimate of drug-likeness (QED) is 0.487. The number of hydrogen-bond acceptors (Lipinski definition) is 2. The topological polar surface area (TPSA) is 22.0 Å². The standard InChI is InChI=1S/C22H17NOS/c1-16-9-8-14-19-21(16)23(25-22(19)24)15-20(17-10-4-2-5-11-17)18-12-6-3-7-13-18/h2-15H,1H3. The van der Waals surface area contributed by atoms with Crippen molar-refractivity contribution in [3.63, 3.8) is 0 Å². The van der Waals surface area contributed by atoms with E-state index in [4.69, 9.17) is 0 Å². The van der Waals surface area contributed by atoms with Crippen LogP contribution < -0.4 is 4.74 Å². The number of rotatable bonds is 3. The summed E-state index contributed by atoms with van der Waals surface area (Å²) in [5.74, 6) is 0. The molecule has 0 saturated heterocycles. The van der Waals surface area contributed by atoms with E-state index in [1.165, 1.54) is 11.5 Å². The van der Waals surface area contributed by atoms with E-state index in [0.717, 1.165) is 33.2 Å². The van der Waals surface area contributed by atoms with Crippen LogP contribution in [0.25, 0.3) is 22.7 Å². The molecule has 3 aromatic carbocycles. The first-order chi connectivity index (χ1) is 12.2. The number of nitrogens with zero attached hydrogens (tertiary/aromatic N) is 1. The van der Waals surface area contributed by atoms with Crippen LogP contribution in [0, 0.1) is 6.92 Å². The third kappa shape index (κ3) is 2.94. The van der Waals surface area contributed by atoms with Crippen LogP contribution in [0.5, 0.6) is 0 Å². The molecule has 0 N–H and O–H groups in total. The van der Waals surface area contributed by atoms with Crippen LogP contribution in [0.2, 0.25) is 0 Å². The molecular weight excluding hydrogens is 326 g/mol. The minimum atomic E-state index is 0.0930. The molecule has 0 aliphatic rings. The molecule has 0 radical (unpaired) electrons. The van der Waals surface area contributed by atoms with Gasteiger partial charge in [0.15, 0.2) is 0 Å². The van der Waals surface area contributed by atoms with Gasteiger partial charge in [-0.2, -0.15) is 0 Å². The van der Waals surface area contributed by atoms with Gasteiger partial charge in [0, 0.05) is 11.8 Å². The van der Waals surface area contributed by atoms with Crippen molar-refractivity contribution in [2.45, 2.75) is 6.92 Å². The van der Waals surface area contributed by atoms with Gasteiger partial charge >= 0.3 is 0 Å². The molecule has 0 atom stereocenters.